The number of aromatic nitrogens is 2. The van der Waals surface area contributed by atoms with E-state index in [2.05, 4.69) is 31.4 Å². The van der Waals surface area contributed by atoms with E-state index in [0.717, 1.165) is 10.0 Å². The molecule has 4 nitrogen and oxygen atoms in total. The fourth-order valence-electron chi connectivity index (χ4n) is 1.22. The van der Waals surface area contributed by atoms with E-state index >= 15 is 0 Å². The van der Waals surface area contributed by atoms with Crippen molar-refractivity contribution in [2.75, 3.05) is 5.32 Å². The number of benzene rings is 1. The van der Waals surface area contributed by atoms with Gasteiger partial charge in [0.15, 0.2) is 5.82 Å². The van der Waals surface area contributed by atoms with E-state index in [4.69, 9.17) is 4.52 Å². The third kappa shape index (κ3) is 2.57. The lowest BCUT2D eigenvalue weighted by Crippen LogP contribution is -2.01. The maximum absolute atomic E-state index is 13.0. The minimum atomic E-state index is -0.276. The highest BCUT2D eigenvalue weighted by molar-refractivity contribution is 9.10. The van der Waals surface area contributed by atoms with Gasteiger partial charge in [-0.1, -0.05) is 21.1 Å². The highest BCUT2D eigenvalue weighted by Crippen LogP contribution is 2.18. The maximum atomic E-state index is 13.0. The van der Waals surface area contributed by atoms with Gasteiger partial charge >= 0.3 is 6.01 Å². The summed E-state index contributed by atoms with van der Waals surface area (Å²) >= 11 is 3.34. The van der Waals surface area contributed by atoms with Crippen LogP contribution >= 0.6 is 15.9 Å². The van der Waals surface area contributed by atoms with E-state index in [-0.39, 0.29) is 5.82 Å². The van der Waals surface area contributed by atoms with E-state index in [1.807, 2.05) is 0 Å². The zero-order valence-electron chi connectivity index (χ0n) is 8.50. The summed E-state index contributed by atoms with van der Waals surface area (Å²) in [6.07, 6.45) is 0. The second kappa shape index (κ2) is 4.61. The summed E-state index contributed by atoms with van der Waals surface area (Å²) in [6.45, 7) is 2.15. The van der Waals surface area contributed by atoms with Gasteiger partial charge in [0.2, 0.25) is 0 Å². The fourth-order valence-corrected chi connectivity index (χ4v) is 1.61. The first-order valence-electron chi connectivity index (χ1n) is 4.63. The van der Waals surface area contributed by atoms with E-state index in [9.17, 15) is 4.39 Å². The second-order valence-corrected chi connectivity index (χ2v) is 4.09. The molecule has 0 atom stereocenters. The van der Waals surface area contributed by atoms with Gasteiger partial charge in [0, 0.05) is 11.0 Å². The molecule has 84 valence electrons. The molecule has 1 heterocycles. The molecule has 16 heavy (non-hydrogen) atoms. The molecule has 1 aromatic heterocycles. The molecule has 0 radical (unpaired) electrons. The molecule has 0 aliphatic rings. The first-order chi connectivity index (χ1) is 7.65. The highest BCUT2D eigenvalue weighted by Gasteiger charge is 2.05. The molecule has 2 aromatic rings. The van der Waals surface area contributed by atoms with Crippen molar-refractivity contribution < 1.29 is 8.91 Å². The summed E-state index contributed by atoms with van der Waals surface area (Å²) in [5.41, 5.74) is 0.788. The molecule has 0 spiro atoms. The Morgan fingerprint density at radius 1 is 1.50 bits per heavy atom. The second-order valence-electron chi connectivity index (χ2n) is 3.24. The highest BCUT2D eigenvalue weighted by atomic mass is 79.9. The van der Waals surface area contributed by atoms with Crippen LogP contribution in [0.1, 0.15) is 11.4 Å². The number of anilines is 1. The smallest absolute Gasteiger partial charge is 0.321 e. The number of nitrogens with one attached hydrogen (secondary N) is 1. The minimum absolute atomic E-state index is 0.276. The quantitative estimate of drug-likeness (QED) is 0.942. The Bertz CT molecular complexity index is 501. The number of hydrogen-bond acceptors (Lipinski definition) is 4. The van der Waals surface area contributed by atoms with Crippen LogP contribution in [0.15, 0.2) is 27.2 Å². The van der Waals surface area contributed by atoms with Crippen molar-refractivity contribution >= 4 is 21.9 Å². The molecule has 1 aromatic carbocycles. The molecule has 0 unspecified atom stereocenters. The Hall–Kier alpha value is -1.43. The number of nitrogens with zero attached hydrogens (tertiary/aromatic N) is 2. The van der Waals surface area contributed by atoms with Crippen LogP contribution in [0.4, 0.5) is 10.4 Å². The fraction of sp³-hybridized carbons (Fsp3) is 0.200. The average Bonchev–Trinajstić information content (AvgIpc) is 2.66. The number of halogens is 2. The van der Waals surface area contributed by atoms with E-state index in [1.54, 1.807) is 13.0 Å². The largest absolute Gasteiger partial charge is 0.334 e. The van der Waals surface area contributed by atoms with E-state index < -0.39 is 0 Å². The Labute approximate surface area is 100.0 Å². The lowest BCUT2D eigenvalue weighted by Gasteiger charge is -2.04. The van der Waals surface area contributed by atoms with Crippen LogP contribution in [0, 0.1) is 12.7 Å². The van der Waals surface area contributed by atoms with Crippen LogP contribution in [0.5, 0.6) is 0 Å². The molecule has 0 aliphatic carbocycles. The molecule has 0 bridgehead atoms. The number of aryl methyl sites for hydroxylation is 1. The average molecular weight is 286 g/mol. The monoisotopic (exact) mass is 285 g/mol. The lowest BCUT2D eigenvalue weighted by atomic mass is 10.2. The topological polar surface area (TPSA) is 51.0 Å². The van der Waals surface area contributed by atoms with Gasteiger partial charge in [-0.25, -0.2) is 4.39 Å². The van der Waals surface area contributed by atoms with E-state index in [0.29, 0.717) is 18.4 Å². The third-order valence-corrected chi connectivity index (χ3v) is 2.74. The minimum Gasteiger partial charge on any atom is -0.334 e. The SMILES string of the molecule is Cc1noc(NCc2cc(F)ccc2Br)n1. The summed E-state index contributed by atoms with van der Waals surface area (Å²) in [5, 5.41) is 6.55. The molecule has 0 aliphatic heterocycles. The van der Waals surface area contributed by atoms with Crippen LogP contribution in [0.25, 0.3) is 0 Å². The number of hydrogen-bond donors (Lipinski definition) is 1. The number of rotatable bonds is 3. The molecule has 0 saturated carbocycles. The summed E-state index contributed by atoms with van der Waals surface area (Å²) in [4.78, 5) is 3.98. The van der Waals surface area contributed by atoms with Gasteiger partial charge in [0.1, 0.15) is 5.82 Å². The Morgan fingerprint density at radius 3 is 3.00 bits per heavy atom. The predicted molar refractivity (Wildman–Crippen MR) is 60.5 cm³/mol. The molecular weight excluding hydrogens is 277 g/mol. The zero-order valence-corrected chi connectivity index (χ0v) is 10.1. The Kier molecular flexibility index (Phi) is 3.19. The molecule has 6 heteroatoms. The van der Waals surface area contributed by atoms with E-state index in [1.165, 1.54) is 12.1 Å². The van der Waals surface area contributed by atoms with Gasteiger partial charge in [-0.2, -0.15) is 4.98 Å². The molecule has 0 saturated heterocycles. The van der Waals surface area contributed by atoms with Crippen molar-refractivity contribution in [1.82, 2.24) is 10.1 Å². The van der Waals surface area contributed by atoms with Crippen LogP contribution in [0.3, 0.4) is 0 Å². The van der Waals surface area contributed by atoms with Crippen molar-refractivity contribution in [2.45, 2.75) is 13.5 Å². The van der Waals surface area contributed by atoms with Crippen LogP contribution in [-0.2, 0) is 6.54 Å². The van der Waals surface area contributed by atoms with Crippen LogP contribution < -0.4 is 5.32 Å². The summed E-state index contributed by atoms with van der Waals surface area (Å²) < 4.78 is 18.7. The molecule has 1 N–H and O–H groups in total. The van der Waals surface area contributed by atoms with Gasteiger partial charge < -0.3 is 9.84 Å². The van der Waals surface area contributed by atoms with Crippen molar-refractivity contribution in [3.63, 3.8) is 0 Å². The lowest BCUT2D eigenvalue weighted by molar-refractivity contribution is 0.425. The molecule has 0 fully saturated rings. The van der Waals surface area contributed by atoms with Crippen LogP contribution in [0.2, 0.25) is 0 Å². The standard InChI is InChI=1S/C10H9BrFN3O/c1-6-14-10(16-15-6)13-5-7-4-8(12)2-3-9(7)11/h2-4H,5H2,1H3,(H,13,14,15). The maximum Gasteiger partial charge on any atom is 0.321 e. The first kappa shape index (κ1) is 11.1. The summed E-state index contributed by atoms with van der Waals surface area (Å²) in [5.74, 6) is 0.280. The van der Waals surface area contributed by atoms with Crippen molar-refractivity contribution in [3.8, 4) is 0 Å². The molecular formula is C10H9BrFN3O. The summed E-state index contributed by atoms with van der Waals surface area (Å²) in [7, 11) is 0. The Balaban J connectivity index is 2.07. The van der Waals surface area contributed by atoms with Gasteiger partial charge in [0.25, 0.3) is 0 Å². The third-order valence-electron chi connectivity index (χ3n) is 1.97. The molecule has 0 amide bonds. The Morgan fingerprint density at radius 2 is 2.31 bits per heavy atom. The van der Waals surface area contributed by atoms with Gasteiger partial charge in [-0.3, -0.25) is 0 Å². The zero-order chi connectivity index (χ0) is 11.5. The predicted octanol–water partition coefficient (Wildman–Crippen LogP) is 2.89. The first-order valence-corrected chi connectivity index (χ1v) is 5.42. The van der Waals surface area contributed by atoms with Crippen molar-refractivity contribution in [1.29, 1.82) is 0 Å². The normalized spacial score (nSPS) is 10.4. The van der Waals surface area contributed by atoms with Gasteiger partial charge in [-0.05, 0) is 30.7 Å². The summed E-state index contributed by atoms with van der Waals surface area (Å²) in [6, 6.07) is 4.82. The van der Waals surface area contributed by atoms with Gasteiger partial charge in [0.05, 0.1) is 0 Å². The van der Waals surface area contributed by atoms with Crippen molar-refractivity contribution in [2.24, 2.45) is 0 Å². The van der Waals surface area contributed by atoms with Crippen molar-refractivity contribution in [3.05, 3.63) is 39.9 Å². The molecule has 2 rings (SSSR count). The van der Waals surface area contributed by atoms with Crippen LogP contribution in [-0.4, -0.2) is 10.1 Å². The van der Waals surface area contributed by atoms with Gasteiger partial charge in [-0.15, -0.1) is 0 Å².